The molecule has 17 heavy (non-hydrogen) atoms. The van der Waals surface area contributed by atoms with Crippen molar-refractivity contribution in [1.82, 2.24) is 0 Å². The van der Waals surface area contributed by atoms with Crippen LogP contribution in [0.5, 0.6) is 0 Å². The molecule has 4 nitrogen and oxygen atoms in total. The Balaban J connectivity index is 0. The van der Waals surface area contributed by atoms with Crippen LogP contribution in [0.4, 0.5) is 0 Å². The Morgan fingerprint density at radius 3 is 1.35 bits per heavy atom. The van der Waals surface area contributed by atoms with Crippen LogP contribution >= 0.6 is 0 Å². The zero-order chi connectivity index (χ0) is 13.5. The van der Waals surface area contributed by atoms with Gasteiger partial charge in [0.15, 0.2) is 0 Å². The summed E-state index contributed by atoms with van der Waals surface area (Å²) in [5.41, 5.74) is 0. The summed E-state index contributed by atoms with van der Waals surface area (Å²) in [5, 5.41) is 16.7. The third-order valence-electron chi connectivity index (χ3n) is 2.03. The topological polar surface area (TPSA) is 74.6 Å². The van der Waals surface area contributed by atoms with Crippen LogP contribution in [0.1, 0.15) is 58.3 Å². The minimum absolute atomic E-state index is 0.245. The second kappa shape index (κ2) is 14.7. The second-order valence-corrected chi connectivity index (χ2v) is 3.82. The molecule has 0 aromatic carbocycles. The molecule has 0 aliphatic rings. The van der Waals surface area contributed by atoms with E-state index in [0.29, 0.717) is 0 Å². The molecule has 4 heteroatoms. The normalized spacial score (nSPS) is 9.00. The lowest BCUT2D eigenvalue weighted by molar-refractivity contribution is -0.138. The van der Waals surface area contributed by atoms with Crippen molar-refractivity contribution in [2.24, 2.45) is 0 Å². The Bertz CT molecular complexity index is 191. The van der Waals surface area contributed by atoms with Gasteiger partial charge in [-0.05, 0) is 19.8 Å². The van der Waals surface area contributed by atoms with Gasteiger partial charge in [-0.2, -0.15) is 0 Å². The van der Waals surface area contributed by atoms with E-state index in [1.54, 1.807) is 6.08 Å². The molecule has 2 N–H and O–H groups in total. The summed E-state index contributed by atoms with van der Waals surface area (Å²) in [7, 11) is 0. The summed E-state index contributed by atoms with van der Waals surface area (Å²) in [6, 6.07) is 0. The number of carboxylic acid groups (broad SMARTS) is 2. The van der Waals surface area contributed by atoms with Crippen LogP contribution in [-0.4, -0.2) is 22.2 Å². The Morgan fingerprint density at radius 2 is 1.12 bits per heavy atom. The van der Waals surface area contributed by atoms with Crippen molar-refractivity contribution in [3.05, 3.63) is 12.7 Å². The molecule has 0 aliphatic carbocycles. The highest BCUT2D eigenvalue weighted by atomic mass is 16.4. The van der Waals surface area contributed by atoms with Crippen molar-refractivity contribution in [3.63, 3.8) is 0 Å². The summed E-state index contributed by atoms with van der Waals surface area (Å²) in [6.07, 6.45) is 7.57. The molecule has 0 fully saturated rings. The molecular weight excluding hydrogens is 220 g/mol. The SMILES string of the molecule is C=CC.O=C(O)CCCCCCCCC(=O)O. The molecule has 0 unspecified atom stereocenters. The zero-order valence-corrected chi connectivity index (χ0v) is 10.7. The molecule has 0 aromatic heterocycles. The summed E-state index contributed by atoms with van der Waals surface area (Å²) in [5.74, 6) is -1.48. The predicted molar refractivity (Wildman–Crippen MR) is 68.1 cm³/mol. The number of unbranched alkanes of at least 4 members (excludes halogenated alkanes) is 5. The lowest BCUT2D eigenvalue weighted by Gasteiger charge is -1.98. The van der Waals surface area contributed by atoms with E-state index in [1.807, 2.05) is 6.92 Å². The average molecular weight is 244 g/mol. The number of allylic oxidation sites excluding steroid dienone is 1. The molecule has 0 radical (unpaired) electrons. The van der Waals surface area contributed by atoms with Gasteiger partial charge in [0.2, 0.25) is 0 Å². The van der Waals surface area contributed by atoms with Crippen molar-refractivity contribution in [1.29, 1.82) is 0 Å². The molecule has 0 saturated carbocycles. The number of hydrogen-bond acceptors (Lipinski definition) is 2. The Morgan fingerprint density at radius 1 is 0.882 bits per heavy atom. The van der Waals surface area contributed by atoms with Crippen LogP contribution in [0.2, 0.25) is 0 Å². The van der Waals surface area contributed by atoms with Crippen molar-refractivity contribution in [2.75, 3.05) is 0 Å². The first kappa shape index (κ1) is 18.1. The lowest BCUT2D eigenvalue weighted by Crippen LogP contribution is -1.94. The maximum absolute atomic E-state index is 10.1. The van der Waals surface area contributed by atoms with E-state index in [0.717, 1.165) is 38.5 Å². The van der Waals surface area contributed by atoms with E-state index in [4.69, 9.17) is 10.2 Å². The van der Waals surface area contributed by atoms with Crippen LogP contribution in [0.3, 0.4) is 0 Å². The molecule has 0 heterocycles. The van der Waals surface area contributed by atoms with Crippen molar-refractivity contribution in [3.8, 4) is 0 Å². The second-order valence-electron chi connectivity index (χ2n) is 3.82. The van der Waals surface area contributed by atoms with Crippen LogP contribution in [0.25, 0.3) is 0 Å². The van der Waals surface area contributed by atoms with Gasteiger partial charge in [0.25, 0.3) is 0 Å². The highest BCUT2D eigenvalue weighted by Gasteiger charge is 1.98. The number of aliphatic carboxylic acids is 2. The molecular formula is C13H24O4. The van der Waals surface area contributed by atoms with Gasteiger partial charge in [-0.1, -0.05) is 31.8 Å². The third kappa shape index (κ3) is 25.2. The molecule has 0 rings (SSSR count). The molecule has 0 aliphatic heterocycles. The smallest absolute Gasteiger partial charge is 0.303 e. The Kier molecular flexibility index (Phi) is 15.6. The number of carboxylic acids is 2. The molecule has 0 bridgehead atoms. The van der Waals surface area contributed by atoms with Gasteiger partial charge in [-0.25, -0.2) is 0 Å². The fraction of sp³-hybridized carbons (Fsp3) is 0.692. The lowest BCUT2D eigenvalue weighted by atomic mass is 10.1. The first-order valence-electron chi connectivity index (χ1n) is 6.05. The number of rotatable bonds is 9. The van der Waals surface area contributed by atoms with E-state index < -0.39 is 11.9 Å². The molecule has 0 aromatic rings. The summed E-state index contributed by atoms with van der Waals surface area (Å²) >= 11 is 0. The maximum Gasteiger partial charge on any atom is 0.303 e. The third-order valence-corrected chi connectivity index (χ3v) is 2.03. The molecule has 0 spiro atoms. The summed E-state index contributed by atoms with van der Waals surface area (Å²) in [4.78, 5) is 20.3. The van der Waals surface area contributed by atoms with Gasteiger partial charge < -0.3 is 10.2 Å². The van der Waals surface area contributed by atoms with Gasteiger partial charge >= 0.3 is 11.9 Å². The van der Waals surface area contributed by atoms with Gasteiger partial charge in [-0.15, -0.1) is 6.58 Å². The molecule has 100 valence electrons. The monoisotopic (exact) mass is 244 g/mol. The van der Waals surface area contributed by atoms with Crippen LogP contribution in [0, 0.1) is 0 Å². The highest BCUT2D eigenvalue weighted by molar-refractivity contribution is 5.66. The minimum Gasteiger partial charge on any atom is -0.481 e. The number of hydrogen-bond donors (Lipinski definition) is 2. The van der Waals surface area contributed by atoms with Crippen molar-refractivity contribution < 1.29 is 19.8 Å². The first-order chi connectivity index (χ1) is 8.04. The minimum atomic E-state index is -0.740. The van der Waals surface area contributed by atoms with Crippen LogP contribution in [-0.2, 0) is 9.59 Å². The first-order valence-corrected chi connectivity index (χ1v) is 6.05. The predicted octanol–water partition coefficient (Wildman–Crippen LogP) is 3.47. The van der Waals surface area contributed by atoms with Crippen molar-refractivity contribution in [2.45, 2.75) is 58.3 Å². The quantitative estimate of drug-likeness (QED) is 0.481. The maximum atomic E-state index is 10.1. The summed E-state index contributed by atoms with van der Waals surface area (Å²) in [6.45, 7) is 5.25. The van der Waals surface area contributed by atoms with E-state index in [-0.39, 0.29) is 12.8 Å². The molecule has 0 saturated heterocycles. The molecule has 0 amide bonds. The van der Waals surface area contributed by atoms with Crippen molar-refractivity contribution >= 4 is 11.9 Å². The number of carbonyl (C=O) groups is 2. The van der Waals surface area contributed by atoms with Crippen LogP contribution < -0.4 is 0 Å². The standard InChI is InChI=1S/C10H18O4.C3H6/c11-9(12)7-5-3-1-2-4-6-8-10(13)14;1-3-2/h1-8H2,(H,11,12)(H,13,14);3H,1H2,2H3. The fourth-order valence-electron chi connectivity index (χ4n) is 1.26. The van der Waals surface area contributed by atoms with Gasteiger partial charge in [0.1, 0.15) is 0 Å². The van der Waals surface area contributed by atoms with Gasteiger partial charge in [-0.3, -0.25) is 9.59 Å². The van der Waals surface area contributed by atoms with E-state index in [2.05, 4.69) is 6.58 Å². The molecule has 0 atom stereocenters. The largest absolute Gasteiger partial charge is 0.481 e. The zero-order valence-electron chi connectivity index (χ0n) is 10.7. The van der Waals surface area contributed by atoms with Crippen LogP contribution in [0.15, 0.2) is 12.7 Å². The van der Waals surface area contributed by atoms with E-state index >= 15 is 0 Å². The average Bonchev–Trinajstić information content (AvgIpc) is 2.22. The Hall–Kier alpha value is -1.32. The van der Waals surface area contributed by atoms with E-state index in [1.165, 1.54) is 0 Å². The van der Waals surface area contributed by atoms with Gasteiger partial charge in [0, 0.05) is 12.8 Å². The summed E-state index contributed by atoms with van der Waals surface area (Å²) < 4.78 is 0. The highest BCUT2D eigenvalue weighted by Crippen LogP contribution is 2.08. The van der Waals surface area contributed by atoms with E-state index in [9.17, 15) is 9.59 Å². The van der Waals surface area contributed by atoms with Gasteiger partial charge in [0.05, 0.1) is 0 Å². The fourth-order valence-corrected chi connectivity index (χ4v) is 1.26. The Labute approximate surface area is 103 Å².